The molecule has 0 saturated heterocycles. The molecule has 0 spiro atoms. The van der Waals surface area contributed by atoms with Crippen molar-refractivity contribution < 1.29 is 22.3 Å². The number of allylic oxidation sites excluding steroid dienone is 1. The maximum atomic E-state index is 15.1. The quantitative estimate of drug-likeness (QED) is 0.356. The number of hydrogen-bond acceptors (Lipinski definition) is 2. The summed E-state index contributed by atoms with van der Waals surface area (Å²) in [6, 6.07) is 14.2. The molecule has 0 saturated carbocycles. The Morgan fingerprint density at radius 2 is 1.57 bits per heavy atom. The average molecular weight is 382 g/mol. The molecular formula is C23H17F3O2. The Balaban J connectivity index is 1.79. The van der Waals surface area contributed by atoms with Gasteiger partial charge in [-0.15, -0.1) is 0 Å². The van der Waals surface area contributed by atoms with Gasteiger partial charge in [-0.3, -0.25) is 0 Å². The number of hydrogen-bond donors (Lipinski definition) is 0. The van der Waals surface area contributed by atoms with Crippen LogP contribution in [-0.2, 0) is 6.42 Å². The molecule has 0 aliphatic rings. The third kappa shape index (κ3) is 3.24. The highest BCUT2D eigenvalue weighted by molar-refractivity contribution is 6.05. The molecule has 0 amide bonds. The van der Waals surface area contributed by atoms with Gasteiger partial charge in [0.2, 0.25) is 5.82 Å². The number of halogens is 3. The lowest BCUT2D eigenvalue weighted by atomic mass is 10.0. The Kier molecular flexibility index (Phi) is 4.59. The number of aryl methyl sites for hydroxylation is 1. The Labute approximate surface area is 159 Å². The lowest BCUT2D eigenvalue weighted by Gasteiger charge is -2.04. The Bertz CT molecular complexity index is 1200. The molecule has 0 radical (unpaired) electrons. The Morgan fingerprint density at radius 3 is 2.25 bits per heavy atom. The molecule has 142 valence electrons. The van der Waals surface area contributed by atoms with Crippen LogP contribution >= 0.6 is 0 Å². The molecule has 0 fully saturated rings. The maximum Gasteiger partial charge on any atom is 0.208 e. The number of rotatable bonds is 4. The highest BCUT2D eigenvalue weighted by Gasteiger charge is 2.19. The fourth-order valence-corrected chi connectivity index (χ4v) is 3.16. The van der Waals surface area contributed by atoms with Crippen molar-refractivity contribution in [2.75, 3.05) is 0 Å². The summed E-state index contributed by atoms with van der Waals surface area (Å²) in [7, 11) is 0. The number of furan rings is 1. The van der Waals surface area contributed by atoms with Crippen molar-refractivity contribution in [3.63, 3.8) is 0 Å². The largest absolute Gasteiger partial charge is 0.459 e. The summed E-state index contributed by atoms with van der Waals surface area (Å²) in [5, 5.41) is 0.907. The summed E-state index contributed by atoms with van der Waals surface area (Å²) >= 11 is 0. The SMILES string of the molecule is C/C(F)=C/Oc1ccc2c(oc3c(F)c(Cc4ccc(C)cc4)ccc32)c1F. The zero-order chi connectivity index (χ0) is 19.8. The first-order chi connectivity index (χ1) is 13.4. The van der Waals surface area contributed by atoms with Gasteiger partial charge in [0.1, 0.15) is 12.1 Å². The zero-order valence-electron chi connectivity index (χ0n) is 15.4. The van der Waals surface area contributed by atoms with E-state index in [-0.39, 0.29) is 16.9 Å². The second kappa shape index (κ2) is 7.08. The molecule has 0 aliphatic heterocycles. The summed E-state index contributed by atoms with van der Waals surface area (Å²) in [6.07, 6.45) is 1.20. The van der Waals surface area contributed by atoms with E-state index in [2.05, 4.69) is 0 Å². The van der Waals surface area contributed by atoms with Crippen molar-refractivity contribution in [1.29, 1.82) is 0 Å². The topological polar surface area (TPSA) is 22.4 Å². The second-order valence-electron chi connectivity index (χ2n) is 6.76. The van der Waals surface area contributed by atoms with E-state index in [1.54, 1.807) is 18.2 Å². The van der Waals surface area contributed by atoms with Crippen LogP contribution in [0.4, 0.5) is 13.2 Å². The zero-order valence-corrected chi connectivity index (χ0v) is 15.4. The highest BCUT2D eigenvalue weighted by atomic mass is 19.1. The molecule has 0 aliphatic carbocycles. The number of ether oxygens (including phenoxy) is 1. The molecule has 5 heteroatoms. The second-order valence-corrected chi connectivity index (χ2v) is 6.76. The van der Waals surface area contributed by atoms with Crippen molar-refractivity contribution in [2.45, 2.75) is 20.3 Å². The summed E-state index contributed by atoms with van der Waals surface area (Å²) in [4.78, 5) is 0. The van der Waals surface area contributed by atoms with Crippen LogP contribution in [0.25, 0.3) is 21.9 Å². The summed E-state index contributed by atoms with van der Waals surface area (Å²) < 4.78 is 53.1. The van der Waals surface area contributed by atoms with E-state index in [0.717, 1.165) is 17.4 Å². The van der Waals surface area contributed by atoms with Crippen LogP contribution in [0.2, 0.25) is 0 Å². The normalized spacial score (nSPS) is 12.1. The van der Waals surface area contributed by atoms with E-state index < -0.39 is 17.5 Å². The third-order valence-electron chi connectivity index (χ3n) is 4.60. The molecule has 0 N–H and O–H groups in total. The van der Waals surface area contributed by atoms with E-state index in [0.29, 0.717) is 22.8 Å². The van der Waals surface area contributed by atoms with Crippen molar-refractivity contribution in [3.8, 4) is 5.75 Å². The van der Waals surface area contributed by atoms with E-state index in [4.69, 9.17) is 9.15 Å². The maximum absolute atomic E-state index is 15.1. The van der Waals surface area contributed by atoms with Gasteiger partial charge >= 0.3 is 0 Å². The molecule has 0 unspecified atom stereocenters. The molecule has 4 aromatic rings. The van der Waals surface area contributed by atoms with Crippen molar-refractivity contribution in [2.24, 2.45) is 0 Å². The number of fused-ring (bicyclic) bond motifs is 3. The lowest BCUT2D eigenvalue weighted by Crippen LogP contribution is -1.93. The van der Waals surface area contributed by atoms with Crippen LogP contribution in [0, 0.1) is 18.6 Å². The van der Waals surface area contributed by atoms with Gasteiger partial charge in [-0.2, -0.15) is 4.39 Å². The van der Waals surface area contributed by atoms with Gasteiger partial charge in [0, 0.05) is 17.2 Å². The van der Waals surface area contributed by atoms with Gasteiger partial charge in [-0.05, 0) is 43.2 Å². The van der Waals surface area contributed by atoms with Gasteiger partial charge in [-0.25, -0.2) is 8.78 Å². The first-order valence-corrected chi connectivity index (χ1v) is 8.80. The van der Waals surface area contributed by atoms with Gasteiger partial charge in [0.25, 0.3) is 0 Å². The minimum Gasteiger partial charge on any atom is -0.459 e. The fraction of sp³-hybridized carbons (Fsp3) is 0.130. The van der Waals surface area contributed by atoms with E-state index in [1.165, 1.54) is 13.0 Å². The third-order valence-corrected chi connectivity index (χ3v) is 4.60. The summed E-state index contributed by atoms with van der Waals surface area (Å²) in [5.41, 5.74) is 2.43. The van der Waals surface area contributed by atoms with Crippen LogP contribution in [0.15, 0.2) is 65.0 Å². The van der Waals surface area contributed by atoms with Gasteiger partial charge in [0.05, 0.1) is 0 Å². The minimum atomic E-state index is -0.800. The van der Waals surface area contributed by atoms with Crippen LogP contribution in [0.3, 0.4) is 0 Å². The monoisotopic (exact) mass is 382 g/mol. The predicted octanol–water partition coefficient (Wildman–Crippen LogP) is 6.97. The van der Waals surface area contributed by atoms with Crippen LogP contribution in [-0.4, -0.2) is 0 Å². The molecular weight excluding hydrogens is 365 g/mol. The van der Waals surface area contributed by atoms with Crippen molar-refractivity contribution in [1.82, 2.24) is 0 Å². The molecule has 4 rings (SSSR count). The minimum absolute atomic E-state index is 0.00660. The fourth-order valence-electron chi connectivity index (χ4n) is 3.16. The lowest BCUT2D eigenvalue weighted by molar-refractivity contribution is 0.419. The van der Waals surface area contributed by atoms with Gasteiger partial charge in [0.15, 0.2) is 22.7 Å². The van der Waals surface area contributed by atoms with Crippen LogP contribution < -0.4 is 4.74 Å². The molecule has 3 aromatic carbocycles. The van der Waals surface area contributed by atoms with E-state index in [9.17, 15) is 8.78 Å². The average Bonchev–Trinajstić information content (AvgIpc) is 3.05. The van der Waals surface area contributed by atoms with Crippen molar-refractivity contribution >= 4 is 21.9 Å². The smallest absolute Gasteiger partial charge is 0.208 e. The Hall–Kier alpha value is -3.21. The molecule has 1 aromatic heterocycles. The van der Waals surface area contributed by atoms with Gasteiger partial charge < -0.3 is 9.15 Å². The first kappa shape index (κ1) is 18.2. The number of benzene rings is 3. The van der Waals surface area contributed by atoms with Crippen LogP contribution in [0.1, 0.15) is 23.6 Å². The summed E-state index contributed by atoms with van der Waals surface area (Å²) in [6.45, 7) is 3.17. The van der Waals surface area contributed by atoms with E-state index in [1.807, 2.05) is 31.2 Å². The van der Waals surface area contributed by atoms with E-state index >= 15 is 4.39 Å². The predicted molar refractivity (Wildman–Crippen MR) is 103 cm³/mol. The van der Waals surface area contributed by atoms with Gasteiger partial charge in [-0.1, -0.05) is 35.9 Å². The van der Waals surface area contributed by atoms with Crippen LogP contribution in [0.5, 0.6) is 5.75 Å². The standard InChI is InChI=1S/C23H17F3O2/c1-13-3-5-15(6-4-13)11-16-7-8-17-18-9-10-19(27-12-14(2)24)21(26)23(18)28-22(17)20(16)25/h3-10,12H,11H2,1-2H3/b14-12-. The Morgan fingerprint density at radius 1 is 0.929 bits per heavy atom. The molecule has 28 heavy (non-hydrogen) atoms. The molecule has 1 heterocycles. The summed E-state index contributed by atoms with van der Waals surface area (Å²) in [5.74, 6) is -2.11. The van der Waals surface area contributed by atoms with Crippen molar-refractivity contribution in [3.05, 3.63) is 88.9 Å². The molecule has 0 atom stereocenters. The molecule has 2 nitrogen and oxygen atoms in total. The highest BCUT2D eigenvalue weighted by Crippen LogP contribution is 2.36. The molecule has 0 bridgehead atoms. The first-order valence-electron chi connectivity index (χ1n) is 8.80.